The molecule has 0 atom stereocenters. The summed E-state index contributed by atoms with van der Waals surface area (Å²) < 4.78 is 14.8. The van der Waals surface area contributed by atoms with Gasteiger partial charge in [-0.05, 0) is 24.6 Å². The first kappa shape index (κ1) is 16.3. The number of carboxylic acid groups (broad SMARTS) is 1. The average molecular weight is 292 g/mol. The summed E-state index contributed by atoms with van der Waals surface area (Å²) in [5.41, 5.74) is 0.762. The van der Waals surface area contributed by atoms with Crippen LogP contribution < -0.4 is 9.47 Å². The molecule has 0 aliphatic heterocycles. The molecular weight excluding hydrogens is 276 g/mol. The molecule has 6 nitrogen and oxygen atoms in total. The van der Waals surface area contributed by atoms with Crippen LogP contribution in [0.2, 0.25) is 0 Å². The van der Waals surface area contributed by atoms with Crippen molar-refractivity contribution in [3.05, 3.63) is 42.0 Å². The van der Waals surface area contributed by atoms with Crippen molar-refractivity contribution >= 4 is 18.2 Å². The van der Waals surface area contributed by atoms with E-state index < -0.39 is 12.1 Å². The highest BCUT2D eigenvalue weighted by Crippen LogP contribution is 2.28. The summed E-state index contributed by atoms with van der Waals surface area (Å²) in [6.07, 6.45) is 4.89. The third-order valence-electron chi connectivity index (χ3n) is 2.28. The van der Waals surface area contributed by atoms with E-state index in [1.54, 1.807) is 37.3 Å². The molecule has 0 bridgehead atoms. The fourth-order valence-electron chi connectivity index (χ4n) is 1.41. The van der Waals surface area contributed by atoms with Gasteiger partial charge in [0.05, 0.1) is 13.7 Å². The number of methoxy groups -OCH3 is 1. The molecule has 0 amide bonds. The fourth-order valence-corrected chi connectivity index (χ4v) is 1.41. The number of hydrogen-bond acceptors (Lipinski definition) is 5. The van der Waals surface area contributed by atoms with Crippen LogP contribution in [0.1, 0.15) is 12.5 Å². The largest absolute Gasteiger partial charge is 0.513 e. The lowest BCUT2D eigenvalue weighted by molar-refractivity contribution is -0.131. The highest BCUT2D eigenvalue weighted by molar-refractivity contribution is 5.80. The van der Waals surface area contributed by atoms with Crippen LogP contribution in [0.15, 0.2) is 36.4 Å². The van der Waals surface area contributed by atoms with Gasteiger partial charge in [0.25, 0.3) is 0 Å². The molecule has 1 N–H and O–H groups in total. The van der Waals surface area contributed by atoms with Crippen molar-refractivity contribution in [1.29, 1.82) is 0 Å². The molecule has 1 aromatic rings. The maximum Gasteiger partial charge on any atom is 0.513 e. The molecule has 0 aliphatic carbocycles. The van der Waals surface area contributed by atoms with E-state index in [-0.39, 0.29) is 12.4 Å². The van der Waals surface area contributed by atoms with Crippen molar-refractivity contribution < 1.29 is 28.9 Å². The van der Waals surface area contributed by atoms with Gasteiger partial charge in [-0.2, -0.15) is 0 Å². The lowest BCUT2D eigenvalue weighted by atomic mass is 10.2. The van der Waals surface area contributed by atoms with Crippen molar-refractivity contribution in [1.82, 2.24) is 0 Å². The van der Waals surface area contributed by atoms with Crippen LogP contribution in [-0.2, 0) is 9.53 Å². The summed E-state index contributed by atoms with van der Waals surface area (Å²) >= 11 is 0. The van der Waals surface area contributed by atoms with Crippen LogP contribution in [0.5, 0.6) is 11.5 Å². The highest BCUT2D eigenvalue weighted by atomic mass is 16.7. The van der Waals surface area contributed by atoms with Gasteiger partial charge in [-0.25, -0.2) is 9.59 Å². The van der Waals surface area contributed by atoms with Gasteiger partial charge in [-0.3, -0.25) is 0 Å². The molecule has 1 aromatic carbocycles. The Morgan fingerprint density at radius 3 is 2.62 bits per heavy atom. The topological polar surface area (TPSA) is 82.1 Å². The Balaban J connectivity index is 2.83. The number of carbonyl (C=O) groups excluding carboxylic acids is 1. The van der Waals surface area contributed by atoms with Crippen molar-refractivity contribution in [3.63, 3.8) is 0 Å². The molecule has 6 heteroatoms. The maximum absolute atomic E-state index is 11.3. The Morgan fingerprint density at radius 2 is 2.00 bits per heavy atom. The van der Waals surface area contributed by atoms with Gasteiger partial charge in [0.2, 0.25) is 0 Å². The van der Waals surface area contributed by atoms with E-state index in [0.29, 0.717) is 5.75 Å². The first-order valence-corrected chi connectivity index (χ1v) is 6.17. The van der Waals surface area contributed by atoms with E-state index in [1.807, 2.05) is 0 Å². The Labute approximate surface area is 122 Å². The fraction of sp³-hybridized carbons (Fsp3) is 0.200. The zero-order chi connectivity index (χ0) is 15.7. The predicted octanol–water partition coefficient (Wildman–Crippen LogP) is 2.88. The van der Waals surface area contributed by atoms with Gasteiger partial charge in [-0.15, -0.1) is 0 Å². The first-order chi connectivity index (χ1) is 10.1. The predicted molar refractivity (Wildman–Crippen MR) is 76.5 cm³/mol. The van der Waals surface area contributed by atoms with Crippen LogP contribution in [0.4, 0.5) is 4.79 Å². The van der Waals surface area contributed by atoms with Crippen LogP contribution in [0, 0.1) is 0 Å². The van der Waals surface area contributed by atoms with E-state index in [4.69, 9.17) is 14.6 Å². The number of carboxylic acids is 1. The van der Waals surface area contributed by atoms with Crippen LogP contribution >= 0.6 is 0 Å². The smallest absolute Gasteiger partial charge is 0.493 e. The van der Waals surface area contributed by atoms with E-state index >= 15 is 0 Å². The summed E-state index contributed by atoms with van der Waals surface area (Å²) in [6, 6.07) is 4.91. The SMILES string of the molecule is CCOC(=O)Oc1ccc(C=CC=CC(=O)O)cc1OC. The second-order valence-corrected chi connectivity index (χ2v) is 3.75. The van der Waals surface area contributed by atoms with E-state index in [2.05, 4.69) is 4.74 Å². The second kappa shape index (κ2) is 8.42. The molecule has 112 valence electrons. The lowest BCUT2D eigenvalue weighted by Crippen LogP contribution is -2.10. The minimum absolute atomic E-state index is 0.220. The van der Waals surface area contributed by atoms with Gasteiger partial charge >= 0.3 is 12.1 Å². The molecule has 0 aliphatic rings. The van der Waals surface area contributed by atoms with Gasteiger partial charge in [0.1, 0.15) is 0 Å². The zero-order valence-electron chi connectivity index (χ0n) is 11.7. The molecule has 0 radical (unpaired) electrons. The normalized spacial score (nSPS) is 10.8. The van der Waals surface area contributed by atoms with Gasteiger partial charge in [-0.1, -0.05) is 24.3 Å². The monoisotopic (exact) mass is 292 g/mol. The molecular formula is C15H16O6. The quantitative estimate of drug-likeness (QED) is 0.376. The average Bonchev–Trinajstić information content (AvgIpc) is 2.45. The van der Waals surface area contributed by atoms with Gasteiger partial charge in [0, 0.05) is 6.08 Å². The summed E-state index contributed by atoms with van der Waals surface area (Å²) in [5.74, 6) is -0.406. The Kier molecular flexibility index (Phi) is 6.53. The number of hydrogen-bond donors (Lipinski definition) is 1. The first-order valence-electron chi connectivity index (χ1n) is 6.17. The molecule has 0 unspecified atom stereocenters. The summed E-state index contributed by atoms with van der Waals surface area (Å²) in [4.78, 5) is 21.6. The van der Waals surface area contributed by atoms with Crippen molar-refractivity contribution in [2.45, 2.75) is 6.92 Å². The Morgan fingerprint density at radius 1 is 1.24 bits per heavy atom. The van der Waals surface area contributed by atoms with Gasteiger partial charge in [0.15, 0.2) is 11.5 Å². The standard InChI is InChI=1S/C15H16O6/c1-3-20-15(18)21-12-9-8-11(10-13(12)19-2)6-4-5-7-14(16)17/h4-10H,3H2,1-2H3,(H,16,17). The molecule has 0 saturated carbocycles. The number of allylic oxidation sites excluding steroid dienone is 2. The van der Waals surface area contributed by atoms with E-state index in [9.17, 15) is 9.59 Å². The molecule has 0 fully saturated rings. The van der Waals surface area contributed by atoms with Crippen LogP contribution in [-0.4, -0.2) is 30.9 Å². The summed E-state index contributed by atoms with van der Waals surface area (Å²) in [5, 5.41) is 8.46. The number of ether oxygens (including phenoxy) is 3. The third kappa shape index (κ3) is 5.82. The Bertz CT molecular complexity index is 559. The second-order valence-electron chi connectivity index (χ2n) is 3.75. The minimum Gasteiger partial charge on any atom is -0.493 e. The molecule has 0 spiro atoms. The number of benzene rings is 1. The molecule has 0 saturated heterocycles. The number of carbonyl (C=O) groups is 2. The van der Waals surface area contributed by atoms with Crippen LogP contribution in [0.3, 0.4) is 0 Å². The maximum atomic E-state index is 11.3. The molecule has 21 heavy (non-hydrogen) atoms. The molecule has 0 heterocycles. The van der Waals surface area contributed by atoms with E-state index in [0.717, 1.165) is 11.6 Å². The number of aliphatic carboxylic acids is 1. The number of rotatable bonds is 6. The van der Waals surface area contributed by atoms with E-state index in [1.165, 1.54) is 13.2 Å². The van der Waals surface area contributed by atoms with Crippen molar-refractivity contribution in [3.8, 4) is 11.5 Å². The van der Waals surface area contributed by atoms with Crippen LogP contribution in [0.25, 0.3) is 6.08 Å². The zero-order valence-corrected chi connectivity index (χ0v) is 11.7. The molecule has 0 aromatic heterocycles. The Hall–Kier alpha value is -2.76. The third-order valence-corrected chi connectivity index (χ3v) is 2.28. The lowest BCUT2D eigenvalue weighted by Gasteiger charge is -2.09. The van der Waals surface area contributed by atoms with Gasteiger partial charge < -0.3 is 19.3 Å². The molecule has 1 rings (SSSR count). The minimum atomic E-state index is -1.02. The van der Waals surface area contributed by atoms with Crippen molar-refractivity contribution in [2.75, 3.05) is 13.7 Å². The summed E-state index contributed by atoms with van der Waals surface area (Å²) in [6.45, 7) is 1.90. The van der Waals surface area contributed by atoms with Crippen molar-refractivity contribution in [2.24, 2.45) is 0 Å². The summed E-state index contributed by atoms with van der Waals surface area (Å²) in [7, 11) is 1.45. The highest BCUT2D eigenvalue weighted by Gasteiger charge is 2.10.